The zero-order chi connectivity index (χ0) is 13.5. The van der Waals surface area contributed by atoms with Gasteiger partial charge in [-0.3, -0.25) is 5.10 Å². The topological polar surface area (TPSA) is 79.4 Å². The highest BCUT2D eigenvalue weighted by Gasteiger charge is 2.07. The molecule has 19 heavy (non-hydrogen) atoms. The molecule has 0 atom stereocenters. The normalized spacial score (nSPS) is 10.6. The van der Waals surface area contributed by atoms with Crippen molar-refractivity contribution in [2.75, 3.05) is 11.9 Å². The van der Waals surface area contributed by atoms with Crippen LogP contribution in [0.5, 0.6) is 0 Å². The number of hydrogen-bond acceptors (Lipinski definition) is 6. The van der Waals surface area contributed by atoms with Gasteiger partial charge in [-0.15, -0.1) is 0 Å². The number of aromatic nitrogens is 5. The highest BCUT2D eigenvalue weighted by atomic mass is 32.2. The Morgan fingerprint density at radius 1 is 1.26 bits per heavy atom. The second-order valence-corrected chi connectivity index (χ2v) is 5.09. The van der Waals surface area contributed by atoms with Crippen molar-refractivity contribution in [3.05, 3.63) is 18.2 Å². The molecule has 0 radical (unpaired) electrons. The van der Waals surface area contributed by atoms with E-state index in [9.17, 15) is 0 Å². The molecule has 2 aromatic heterocycles. The lowest BCUT2D eigenvalue weighted by atomic mass is 10.3. The van der Waals surface area contributed by atoms with Gasteiger partial charge in [0.15, 0.2) is 5.16 Å². The third-order valence-corrected chi connectivity index (χ3v) is 3.18. The second kappa shape index (κ2) is 7.08. The Balaban J connectivity index is 2.17. The number of aryl methyl sites for hydroxylation is 1. The predicted molar refractivity (Wildman–Crippen MR) is 75.3 cm³/mol. The van der Waals surface area contributed by atoms with Gasteiger partial charge in [-0.2, -0.15) is 5.10 Å². The monoisotopic (exact) mass is 278 g/mol. The molecule has 0 saturated heterocycles. The van der Waals surface area contributed by atoms with Crippen LogP contribution in [0.4, 0.5) is 5.82 Å². The molecular formula is C12H18N6S. The van der Waals surface area contributed by atoms with Crippen molar-refractivity contribution < 1.29 is 0 Å². The van der Waals surface area contributed by atoms with Gasteiger partial charge in [0.2, 0.25) is 0 Å². The van der Waals surface area contributed by atoms with Crippen LogP contribution in [0.25, 0.3) is 0 Å². The number of nitrogens with zero attached hydrogens (tertiary/aromatic N) is 4. The summed E-state index contributed by atoms with van der Waals surface area (Å²) in [6.07, 6.45) is 4.47. The molecule has 6 nitrogen and oxygen atoms in total. The van der Waals surface area contributed by atoms with Crippen LogP contribution in [0.3, 0.4) is 0 Å². The molecule has 0 bridgehead atoms. The van der Waals surface area contributed by atoms with Gasteiger partial charge >= 0.3 is 0 Å². The van der Waals surface area contributed by atoms with E-state index in [-0.39, 0.29) is 0 Å². The average Bonchev–Trinajstić information content (AvgIpc) is 2.89. The first-order valence-electron chi connectivity index (χ1n) is 6.46. The summed E-state index contributed by atoms with van der Waals surface area (Å²) in [7, 11) is 0. The maximum Gasteiger partial charge on any atom is 0.189 e. The highest BCUT2D eigenvalue weighted by molar-refractivity contribution is 7.99. The van der Waals surface area contributed by atoms with E-state index in [1.165, 1.54) is 18.1 Å². The summed E-state index contributed by atoms with van der Waals surface area (Å²) in [5.74, 6) is 1.74. The van der Waals surface area contributed by atoms with Gasteiger partial charge in [-0.05, 0) is 24.6 Å². The van der Waals surface area contributed by atoms with Crippen molar-refractivity contribution in [1.82, 2.24) is 25.1 Å². The molecule has 0 aliphatic heterocycles. The van der Waals surface area contributed by atoms with Gasteiger partial charge in [-0.1, -0.05) is 13.8 Å². The lowest BCUT2D eigenvalue weighted by Crippen LogP contribution is -2.05. The van der Waals surface area contributed by atoms with Crippen molar-refractivity contribution in [3.63, 3.8) is 0 Å². The maximum atomic E-state index is 4.53. The predicted octanol–water partition coefficient (Wildman–Crippen LogP) is 2.52. The van der Waals surface area contributed by atoms with E-state index in [4.69, 9.17) is 0 Å². The molecule has 0 saturated carbocycles. The highest BCUT2D eigenvalue weighted by Crippen LogP contribution is 2.24. The Hall–Kier alpha value is -1.63. The average molecular weight is 278 g/mol. The molecule has 0 fully saturated rings. The Morgan fingerprint density at radius 3 is 2.84 bits per heavy atom. The molecule has 0 spiro atoms. The summed E-state index contributed by atoms with van der Waals surface area (Å²) >= 11 is 1.46. The van der Waals surface area contributed by atoms with Gasteiger partial charge < -0.3 is 5.32 Å². The van der Waals surface area contributed by atoms with Crippen LogP contribution >= 0.6 is 11.8 Å². The van der Waals surface area contributed by atoms with E-state index < -0.39 is 0 Å². The molecule has 102 valence electrons. The molecule has 2 N–H and O–H groups in total. The molecule has 7 heteroatoms. The fraction of sp³-hybridized carbons (Fsp3) is 0.500. The minimum absolute atomic E-state index is 0.739. The SMILES string of the molecule is CCCNc1cc(Sc2ncn[nH]2)nc(CCC)n1. The van der Waals surface area contributed by atoms with Crippen LogP contribution < -0.4 is 5.32 Å². The van der Waals surface area contributed by atoms with Crippen LogP contribution in [-0.2, 0) is 6.42 Å². The number of anilines is 1. The number of hydrogen-bond donors (Lipinski definition) is 2. The van der Waals surface area contributed by atoms with Crippen LogP contribution in [0.1, 0.15) is 32.5 Å². The first-order chi connectivity index (χ1) is 9.31. The molecule has 2 heterocycles. The smallest absolute Gasteiger partial charge is 0.189 e. The summed E-state index contributed by atoms with van der Waals surface area (Å²) in [5, 5.41) is 11.6. The molecule has 0 aliphatic rings. The lowest BCUT2D eigenvalue weighted by molar-refractivity contribution is 0.806. The van der Waals surface area contributed by atoms with Crippen LogP contribution in [0, 0.1) is 0 Å². The molecule has 0 unspecified atom stereocenters. The number of nitrogens with one attached hydrogen (secondary N) is 2. The number of rotatable bonds is 7. The standard InChI is InChI=1S/C12H18N6S/c1-3-5-9-16-10(13-6-4-2)7-11(17-9)19-12-14-8-15-18-12/h7-8H,3-6H2,1-2H3,(H,13,16,17)(H,14,15,18). The van der Waals surface area contributed by atoms with Gasteiger partial charge in [-0.25, -0.2) is 15.0 Å². The number of aromatic amines is 1. The van der Waals surface area contributed by atoms with Crippen molar-refractivity contribution in [2.24, 2.45) is 0 Å². The molecular weight excluding hydrogens is 260 g/mol. The minimum Gasteiger partial charge on any atom is -0.370 e. The molecule has 0 aliphatic carbocycles. The van der Waals surface area contributed by atoms with Crippen molar-refractivity contribution in [3.8, 4) is 0 Å². The Bertz CT molecular complexity index is 499. The molecule has 0 aromatic carbocycles. The van der Waals surface area contributed by atoms with Gasteiger partial charge in [0.05, 0.1) is 0 Å². The maximum absolute atomic E-state index is 4.53. The van der Waals surface area contributed by atoms with Crippen molar-refractivity contribution in [1.29, 1.82) is 0 Å². The number of H-pyrrole nitrogens is 1. The van der Waals surface area contributed by atoms with Gasteiger partial charge in [0, 0.05) is 19.0 Å². The summed E-state index contributed by atoms with van der Waals surface area (Å²) in [5.41, 5.74) is 0. The van der Waals surface area contributed by atoms with E-state index in [0.717, 1.165) is 47.6 Å². The van der Waals surface area contributed by atoms with E-state index in [1.54, 1.807) is 0 Å². The Labute approximate surface area is 116 Å². The van der Waals surface area contributed by atoms with Crippen molar-refractivity contribution in [2.45, 2.75) is 43.3 Å². The quantitative estimate of drug-likeness (QED) is 0.758. The van der Waals surface area contributed by atoms with E-state index in [2.05, 4.69) is 44.3 Å². The van der Waals surface area contributed by atoms with Gasteiger partial charge in [0.1, 0.15) is 23.0 Å². The first kappa shape index (κ1) is 13.8. The summed E-state index contributed by atoms with van der Waals surface area (Å²) in [6.45, 7) is 5.17. The molecule has 2 aromatic rings. The summed E-state index contributed by atoms with van der Waals surface area (Å²) in [6, 6.07) is 1.95. The fourth-order valence-corrected chi connectivity index (χ4v) is 2.26. The first-order valence-corrected chi connectivity index (χ1v) is 7.28. The zero-order valence-corrected chi connectivity index (χ0v) is 12.0. The largest absolute Gasteiger partial charge is 0.370 e. The Kier molecular flexibility index (Phi) is 5.14. The van der Waals surface area contributed by atoms with Crippen LogP contribution in [0.15, 0.2) is 22.6 Å². The van der Waals surface area contributed by atoms with Crippen LogP contribution in [-0.4, -0.2) is 31.7 Å². The van der Waals surface area contributed by atoms with E-state index in [0.29, 0.717) is 0 Å². The molecule has 0 amide bonds. The lowest BCUT2D eigenvalue weighted by Gasteiger charge is -2.08. The Morgan fingerprint density at radius 2 is 2.16 bits per heavy atom. The zero-order valence-electron chi connectivity index (χ0n) is 11.2. The van der Waals surface area contributed by atoms with Crippen LogP contribution in [0.2, 0.25) is 0 Å². The second-order valence-electron chi connectivity index (χ2n) is 4.08. The minimum atomic E-state index is 0.739. The third kappa shape index (κ3) is 4.20. The third-order valence-electron chi connectivity index (χ3n) is 2.37. The van der Waals surface area contributed by atoms with Gasteiger partial charge in [0.25, 0.3) is 0 Å². The summed E-state index contributed by atoms with van der Waals surface area (Å²) < 4.78 is 0. The van der Waals surface area contributed by atoms with Crippen molar-refractivity contribution >= 4 is 17.6 Å². The van der Waals surface area contributed by atoms with E-state index in [1.807, 2.05) is 6.07 Å². The van der Waals surface area contributed by atoms with E-state index >= 15 is 0 Å². The summed E-state index contributed by atoms with van der Waals surface area (Å²) in [4.78, 5) is 13.1. The fourth-order valence-electron chi connectivity index (χ4n) is 1.55. The molecule has 2 rings (SSSR count).